The van der Waals surface area contributed by atoms with Crippen LogP contribution in [0.3, 0.4) is 0 Å². The first-order valence-electron chi connectivity index (χ1n) is 10.1. The van der Waals surface area contributed by atoms with Gasteiger partial charge in [0.2, 0.25) is 0 Å². The molecule has 0 bridgehead atoms. The summed E-state index contributed by atoms with van der Waals surface area (Å²) in [5, 5.41) is 4.85. The zero-order chi connectivity index (χ0) is 22.9. The maximum atomic E-state index is 6.28. The van der Waals surface area contributed by atoms with Crippen molar-refractivity contribution in [3.63, 3.8) is 0 Å². The van der Waals surface area contributed by atoms with Gasteiger partial charge in [0, 0.05) is 24.1 Å². The van der Waals surface area contributed by atoms with E-state index in [1.807, 2.05) is 12.1 Å². The normalized spacial score (nSPS) is 14.0. The average Bonchev–Trinajstić information content (AvgIpc) is 2.75. The summed E-state index contributed by atoms with van der Waals surface area (Å²) < 4.78 is 17.2. The van der Waals surface area contributed by atoms with Gasteiger partial charge in [0.15, 0.2) is 5.75 Å². The number of halogens is 4. The highest BCUT2D eigenvalue weighted by atomic mass is 35.5. The van der Waals surface area contributed by atoms with Crippen molar-refractivity contribution in [2.45, 2.75) is 25.7 Å². The number of ether oxygens (including phenoxy) is 3. The smallest absolute Gasteiger partial charge is 0.156 e. The Bertz CT molecular complexity index is 967. The van der Waals surface area contributed by atoms with Crippen LogP contribution in [0.25, 0.3) is 0 Å². The second kappa shape index (κ2) is 12.4. The molecule has 2 aromatic carbocycles. The molecule has 3 rings (SSSR count). The van der Waals surface area contributed by atoms with Crippen LogP contribution < -0.4 is 14.2 Å². The second-order valence-corrected chi connectivity index (χ2v) is 8.79. The summed E-state index contributed by atoms with van der Waals surface area (Å²) >= 11 is 23.7. The van der Waals surface area contributed by atoms with Crippen molar-refractivity contribution in [1.82, 2.24) is 0 Å². The van der Waals surface area contributed by atoms with Crippen LogP contribution in [-0.2, 0) is 11.3 Å². The predicted octanol–water partition coefficient (Wildman–Crippen LogP) is 7.23. The minimum absolute atomic E-state index is 0.129. The van der Waals surface area contributed by atoms with E-state index in [4.69, 9.17) is 65.5 Å². The quantitative estimate of drug-likeness (QED) is 0.246. The number of rotatable bonds is 10. The summed E-state index contributed by atoms with van der Waals surface area (Å²) in [5.41, 5.74) is 3.34. The summed E-state index contributed by atoms with van der Waals surface area (Å²) in [5.74, 6) is 1.73. The molecular weight excluding hydrogens is 496 g/mol. The first kappa shape index (κ1) is 24.8. The molecule has 2 aromatic rings. The molecule has 0 aliphatic heterocycles. The molecule has 0 heterocycles. The van der Waals surface area contributed by atoms with E-state index in [-0.39, 0.29) is 11.1 Å². The van der Waals surface area contributed by atoms with E-state index in [0.717, 1.165) is 36.3 Å². The van der Waals surface area contributed by atoms with Crippen LogP contribution in [0.15, 0.2) is 46.1 Å². The van der Waals surface area contributed by atoms with Gasteiger partial charge in [-0.25, -0.2) is 0 Å². The fourth-order valence-electron chi connectivity index (χ4n) is 3.32. The molecule has 1 aliphatic rings. The van der Waals surface area contributed by atoms with Crippen molar-refractivity contribution in [3.8, 4) is 17.2 Å². The lowest BCUT2D eigenvalue weighted by Gasteiger charge is -2.18. The van der Waals surface area contributed by atoms with Gasteiger partial charge in [0.05, 0.1) is 29.0 Å². The summed E-state index contributed by atoms with van der Waals surface area (Å²) in [6.45, 7) is 1.11. The van der Waals surface area contributed by atoms with E-state index in [1.54, 1.807) is 19.2 Å². The standard InChI is InChI=1S/C23H23Cl4NO4/c1-29-28-21-5-2-4-15-12-16(6-7-18(15)21)30-9-3-10-32-23-19(24)13-17(14-20(23)25)31-11-8-22(26)27/h6-8,12-14H,2-5,9-11H2,1H3/b28-21+. The Hall–Kier alpha value is -1.79. The lowest BCUT2D eigenvalue weighted by molar-refractivity contribution is 0.212. The number of benzene rings is 2. The molecule has 1 aliphatic carbocycles. The van der Waals surface area contributed by atoms with Crippen LogP contribution in [0.2, 0.25) is 10.0 Å². The Morgan fingerprint density at radius 3 is 2.44 bits per heavy atom. The van der Waals surface area contributed by atoms with E-state index in [0.29, 0.717) is 41.2 Å². The molecule has 0 saturated carbocycles. The lowest BCUT2D eigenvalue weighted by Crippen LogP contribution is -2.13. The molecule has 9 heteroatoms. The van der Waals surface area contributed by atoms with Crippen LogP contribution >= 0.6 is 46.4 Å². The van der Waals surface area contributed by atoms with Crippen molar-refractivity contribution < 1.29 is 19.0 Å². The minimum Gasteiger partial charge on any atom is -0.493 e. The monoisotopic (exact) mass is 517 g/mol. The average molecular weight is 519 g/mol. The molecule has 0 unspecified atom stereocenters. The third-order valence-corrected chi connectivity index (χ3v) is 5.58. The van der Waals surface area contributed by atoms with Gasteiger partial charge in [-0.1, -0.05) is 51.6 Å². The summed E-state index contributed by atoms with van der Waals surface area (Å²) in [4.78, 5) is 4.95. The maximum Gasteiger partial charge on any atom is 0.156 e. The van der Waals surface area contributed by atoms with Gasteiger partial charge in [-0.05, 0) is 49.1 Å². The number of hydrogen-bond donors (Lipinski definition) is 0. The van der Waals surface area contributed by atoms with Gasteiger partial charge in [0.1, 0.15) is 29.7 Å². The van der Waals surface area contributed by atoms with Crippen LogP contribution in [-0.4, -0.2) is 32.6 Å². The highest BCUT2D eigenvalue weighted by Crippen LogP contribution is 2.37. The van der Waals surface area contributed by atoms with E-state index in [9.17, 15) is 0 Å². The molecule has 0 aromatic heterocycles. The molecule has 0 atom stereocenters. The summed E-state index contributed by atoms with van der Waals surface area (Å²) in [6.07, 6.45) is 5.16. The number of aryl methyl sites for hydroxylation is 1. The Morgan fingerprint density at radius 2 is 1.72 bits per heavy atom. The molecule has 0 fully saturated rings. The molecule has 0 radical (unpaired) electrons. The number of fused-ring (bicyclic) bond motifs is 1. The maximum absolute atomic E-state index is 6.28. The molecule has 172 valence electrons. The van der Waals surface area contributed by atoms with Crippen LogP contribution in [0.4, 0.5) is 0 Å². The van der Waals surface area contributed by atoms with Gasteiger partial charge in [-0.2, -0.15) is 0 Å². The van der Waals surface area contributed by atoms with Crippen molar-refractivity contribution >= 4 is 52.1 Å². The van der Waals surface area contributed by atoms with Gasteiger partial charge < -0.3 is 19.0 Å². The third-order valence-electron chi connectivity index (χ3n) is 4.71. The Balaban J connectivity index is 1.48. The number of oxime groups is 1. The predicted molar refractivity (Wildman–Crippen MR) is 130 cm³/mol. The Morgan fingerprint density at radius 1 is 0.969 bits per heavy atom. The largest absolute Gasteiger partial charge is 0.493 e. The van der Waals surface area contributed by atoms with Crippen molar-refractivity contribution in [2.75, 3.05) is 26.9 Å². The second-order valence-electron chi connectivity index (χ2n) is 6.96. The summed E-state index contributed by atoms with van der Waals surface area (Å²) in [7, 11) is 1.57. The van der Waals surface area contributed by atoms with Crippen molar-refractivity contribution in [3.05, 3.63) is 62.1 Å². The Kier molecular flexibility index (Phi) is 9.67. The van der Waals surface area contributed by atoms with Gasteiger partial charge in [0.25, 0.3) is 0 Å². The SMILES string of the molecule is CO/N=C1\CCCc2cc(OCCCOc3c(Cl)cc(OCC=C(Cl)Cl)cc3Cl)ccc21. The summed E-state index contributed by atoms with van der Waals surface area (Å²) in [6, 6.07) is 9.32. The fourth-order valence-corrected chi connectivity index (χ4v) is 4.02. The van der Waals surface area contributed by atoms with Crippen molar-refractivity contribution in [2.24, 2.45) is 5.16 Å². The number of nitrogens with zero attached hydrogens (tertiary/aromatic N) is 1. The van der Waals surface area contributed by atoms with E-state index >= 15 is 0 Å². The molecule has 32 heavy (non-hydrogen) atoms. The van der Waals surface area contributed by atoms with Crippen molar-refractivity contribution in [1.29, 1.82) is 0 Å². The van der Waals surface area contributed by atoms with E-state index in [2.05, 4.69) is 11.2 Å². The van der Waals surface area contributed by atoms with E-state index < -0.39 is 0 Å². The molecule has 0 N–H and O–H groups in total. The zero-order valence-electron chi connectivity index (χ0n) is 17.5. The third kappa shape index (κ3) is 7.11. The van der Waals surface area contributed by atoms with Crippen LogP contribution in [0, 0.1) is 0 Å². The highest BCUT2D eigenvalue weighted by molar-refractivity contribution is 6.55. The fraction of sp³-hybridized carbons (Fsp3) is 0.348. The first-order chi connectivity index (χ1) is 15.5. The molecule has 0 amide bonds. The molecule has 5 nitrogen and oxygen atoms in total. The molecule has 0 saturated heterocycles. The topological polar surface area (TPSA) is 49.3 Å². The van der Waals surface area contributed by atoms with E-state index in [1.165, 1.54) is 11.6 Å². The number of hydrogen-bond acceptors (Lipinski definition) is 5. The van der Waals surface area contributed by atoms with Gasteiger partial charge >= 0.3 is 0 Å². The van der Waals surface area contributed by atoms with Crippen LogP contribution in [0.5, 0.6) is 17.2 Å². The molecule has 0 spiro atoms. The van der Waals surface area contributed by atoms with Gasteiger partial charge in [-0.3, -0.25) is 0 Å². The Labute approximate surface area is 207 Å². The zero-order valence-corrected chi connectivity index (χ0v) is 20.5. The van der Waals surface area contributed by atoms with Crippen LogP contribution in [0.1, 0.15) is 30.4 Å². The van der Waals surface area contributed by atoms with Gasteiger partial charge in [-0.15, -0.1) is 0 Å². The minimum atomic E-state index is 0.129. The lowest BCUT2D eigenvalue weighted by atomic mass is 9.90. The highest BCUT2D eigenvalue weighted by Gasteiger charge is 2.17. The first-order valence-corrected chi connectivity index (χ1v) is 11.6. The molecular formula is C23H23Cl4NO4.